The van der Waals surface area contributed by atoms with E-state index in [4.69, 9.17) is 0 Å². The van der Waals surface area contributed by atoms with Crippen molar-refractivity contribution >= 4 is 28.0 Å². The first-order valence-electron chi connectivity index (χ1n) is 2.41. The Labute approximate surface area is 62.2 Å². The minimum absolute atomic E-state index is 0.292. The van der Waals surface area contributed by atoms with E-state index in [1.54, 1.807) is 0 Å². The third kappa shape index (κ3) is 3.04. The van der Waals surface area contributed by atoms with Crippen LogP contribution in [0.3, 0.4) is 0 Å². The second-order valence-electron chi connectivity index (χ2n) is 1.42. The van der Waals surface area contributed by atoms with Crippen LogP contribution < -0.4 is 5.09 Å². The standard InChI is InChI=1S/C4H10NO2PS/c1-7-4(6)3(2-9)5-8/h3,5,9H,2,8H2,1H3. The Bertz CT molecular complexity index is 96.6. The summed E-state index contributed by atoms with van der Waals surface area (Å²) in [7, 11) is 3.58. The van der Waals surface area contributed by atoms with E-state index in [0.29, 0.717) is 5.75 Å². The molecule has 9 heavy (non-hydrogen) atoms. The first-order chi connectivity index (χ1) is 4.26. The second kappa shape index (κ2) is 5.03. The quantitative estimate of drug-likeness (QED) is 0.348. The lowest BCUT2D eigenvalue weighted by molar-refractivity contribution is -0.141. The van der Waals surface area contributed by atoms with Crippen LogP contribution in [-0.2, 0) is 9.53 Å². The van der Waals surface area contributed by atoms with Crippen LogP contribution in [0.5, 0.6) is 0 Å². The van der Waals surface area contributed by atoms with E-state index in [1.807, 2.05) is 0 Å². The van der Waals surface area contributed by atoms with Crippen molar-refractivity contribution in [3.05, 3.63) is 0 Å². The lowest BCUT2D eigenvalue weighted by Gasteiger charge is -2.08. The number of carbonyl (C=O) groups is 1. The first kappa shape index (κ1) is 9.21. The molecule has 1 N–H and O–H groups in total. The minimum Gasteiger partial charge on any atom is -0.468 e. The molecule has 0 rings (SSSR count). The molecule has 0 heterocycles. The molecule has 0 aliphatic rings. The van der Waals surface area contributed by atoms with Gasteiger partial charge in [-0.05, 0) is 0 Å². The van der Waals surface area contributed by atoms with Crippen molar-refractivity contribution < 1.29 is 9.53 Å². The van der Waals surface area contributed by atoms with Gasteiger partial charge in [-0.2, -0.15) is 12.6 Å². The highest BCUT2D eigenvalue weighted by Gasteiger charge is 2.13. The number of esters is 1. The van der Waals surface area contributed by atoms with E-state index in [9.17, 15) is 4.79 Å². The molecule has 0 aromatic rings. The molecule has 2 atom stereocenters. The summed E-state index contributed by atoms with van der Waals surface area (Å²) in [5, 5.41) is 2.67. The zero-order valence-electron chi connectivity index (χ0n) is 5.13. The monoisotopic (exact) mass is 167 g/mol. The summed E-state index contributed by atoms with van der Waals surface area (Å²) in [5.41, 5.74) is 0. The van der Waals surface area contributed by atoms with E-state index in [2.05, 4.69) is 31.8 Å². The van der Waals surface area contributed by atoms with Gasteiger partial charge in [0.05, 0.1) is 7.11 Å². The SMILES string of the molecule is COC(=O)C(CS)NP. The van der Waals surface area contributed by atoms with E-state index >= 15 is 0 Å². The lowest BCUT2D eigenvalue weighted by atomic mass is 10.4. The largest absolute Gasteiger partial charge is 0.468 e. The normalized spacial score (nSPS) is 12.8. The van der Waals surface area contributed by atoms with Gasteiger partial charge in [0.2, 0.25) is 0 Å². The van der Waals surface area contributed by atoms with Crippen molar-refractivity contribution in [3.63, 3.8) is 0 Å². The molecular formula is C4H10NO2PS. The molecule has 0 aliphatic carbocycles. The molecule has 0 radical (unpaired) electrons. The predicted molar refractivity (Wildman–Crippen MR) is 42.5 cm³/mol. The average Bonchev–Trinajstić information content (AvgIpc) is 1.90. The molecule has 54 valence electrons. The topological polar surface area (TPSA) is 38.3 Å². The Morgan fingerprint density at radius 1 is 2.00 bits per heavy atom. The molecule has 2 unspecified atom stereocenters. The van der Waals surface area contributed by atoms with Crippen molar-refractivity contribution in [2.75, 3.05) is 12.9 Å². The van der Waals surface area contributed by atoms with Gasteiger partial charge in [0.15, 0.2) is 0 Å². The summed E-state index contributed by atoms with van der Waals surface area (Å²) < 4.78 is 4.43. The smallest absolute Gasteiger partial charge is 0.323 e. The van der Waals surface area contributed by atoms with E-state index in [1.165, 1.54) is 7.11 Å². The van der Waals surface area contributed by atoms with Crippen molar-refractivity contribution in [3.8, 4) is 0 Å². The predicted octanol–water partition coefficient (Wildman–Crippen LogP) is -0.163. The zero-order chi connectivity index (χ0) is 7.28. The summed E-state index contributed by atoms with van der Waals surface area (Å²) in [6, 6.07) is -0.316. The Kier molecular flexibility index (Phi) is 5.15. The molecule has 0 aliphatic heterocycles. The van der Waals surface area contributed by atoms with E-state index in [0.717, 1.165) is 0 Å². The van der Waals surface area contributed by atoms with E-state index in [-0.39, 0.29) is 12.0 Å². The summed E-state index contributed by atoms with van der Waals surface area (Å²) in [4.78, 5) is 10.6. The number of hydrogen-bond donors (Lipinski definition) is 2. The molecule has 0 saturated carbocycles. The number of methoxy groups -OCH3 is 1. The number of carbonyl (C=O) groups excluding carboxylic acids is 1. The molecule has 3 nitrogen and oxygen atoms in total. The van der Waals surface area contributed by atoms with Gasteiger partial charge in [0.25, 0.3) is 0 Å². The average molecular weight is 167 g/mol. The lowest BCUT2D eigenvalue weighted by Crippen LogP contribution is -2.33. The highest BCUT2D eigenvalue weighted by atomic mass is 32.1. The number of rotatable bonds is 3. The van der Waals surface area contributed by atoms with Gasteiger partial charge in [-0.1, -0.05) is 9.39 Å². The van der Waals surface area contributed by atoms with Crippen LogP contribution in [0.2, 0.25) is 0 Å². The van der Waals surface area contributed by atoms with Crippen LogP contribution in [0.15, 0.2) is 0 Å². The van der Waals surface area contributed by atoms with Crippen molar-refractivity contribution in [1.82, 2.24) is 5.09 Å². The Morgan fingerprint density at radius 3 is 2.67 bits per heavy atom. The zero-order valence-corrected chi connectivity index (χ0v) is 7.17. The fraction of sp³-hybridized carbons (Fsp3) is 0.750. The summed E-state index contributed by atoms with van der Waals surface area (Å²) >= 11 is 3.91. The van der Waals surface area contributed by atoms with Crippen molar-refractivity contribution in [2.24, 2.45) is 0 Å². The molecule has 5 heteroatoms. The fourth-order valence-corrected chi connectivity index (χ4v) is 1.04. The highest BCUT2D eigenvalue weighted by Crippen LogP contribution is 1.92. The van der Waals surface area contributed by atoms with Crippen LogP contribution in [0.1, 0.15) is 0 Å². The van der Waals surface area contributed by atoms with Crippen LogP contribution in [0.25, 0.3) is 0 Å². The Balaban J connectivity index is 3.64. The van der Waals surface area contributed by atoms with Gasteiger partial charge in [-0.15, -0.1) is 0 Å². The van der Waals surface area contributed by atoms with Crippen LogP contribution >= 0.6 is 22.0 Å². The maximum Gasteiger partial charge on any atom is 0.323 e. The Morgan fingerprint density at radius 2 is 2.56 bits per heavy atom. The van der Waals surface area contributed by atoms with Crippen LogP contribution in [0.4, 0.5) is 0 Å². The van der Waals surface area contributed by atoms with Gasteiger partial charge >= 0.3 is 5.97 Å². The highest BCUT2D eigenvalue weighted by molar-refractivity contribution is 7.80. The van der Waals surface area contributed by atoms with Gasteiger partial charge in [0, 0.05) is 5.75 Å². The summed E-state index contributed by atoms with van der Waals surface area (Å²) in [6.45, 7) is 0. The Hall–Kier alpha value is 0.210. The van der Waals surface area contributed by atoms with Gasteiger partial charge in [-0.3, -0.25) is 9.88 Å². The molecule has 0 aromatic carbocycles. The van der Waals surface area contributed by atoms with Gasteiger partial charge < -0.3 is 4.74 Å². The molecular weight excluding hydrogens is 157 g/mol. The maximum atomic E-state index is 10.6. The fourth-order valence-electron chi connectivity index (χ4n) is 0.338. The number of ether oxygens (including phenoxy) is 1. The van der Waals surface area contributed by atoms with Crippen molar-refractivity contribution in [1.29, 1.82) is 0 Å². The minimum atomic E-state index is -0.316. The summed E-state index contributed by atoms with van der Waals surface area (Å²) in [6.07, 6.45) is 0. The number of nitrogens with one attached hydrogen (secondary N) is 1. The first-order valence-corrected chi connectivity index (χ1v) is 3.62. The van der Waals surface area contributed by atoms with E-state index < -0.39 is 0 Å². The summed E-state index contributed by atoms with van der Waals surface area (Å²) in [5.74, 6) is 0.149. The number of hydrogen-bond acceptors (Lipinski definition) is 4. The molecule has 0 bridgehead atoms. The van der Waals surface area contributed by atoms with Crippen LogP contribution in [-0.4, -0.2) is 24.9 Å². The van der Waals surface area contributed by atoms with Gasteiger partial charge in [-0.25, -0.2) is 0 Å². The third-order valence-corrected chi connectivity index (χ3v) is 1.64. The second-order valence-corrected chi connectivity index (χ2v) is 2.12. The van der Waals surface area contributed by atoms with Crippen LogP contribution in [0, 0.1) is 0 Å². The molecule has 0 saturated heterocycles. The maximum absolute atomic E-state index is 10.6. The molecule has 0 aromatic heterocycles. The van der Waals surface area contributed by atoms with Gasteiger partial charge in [0.1, 0.15) is 6.04 Å². The molecule has 0 spiro atoms. The molecule has 0 fully saturated rings. The molecule has 0 amide bonds. The van der Waals surface area contributed by atoms with Crippen molar-refractivity contribution in [2.45, 2.75) is 6.04 Å². The third-order valence-electron chi connectivity index (χ3n) is 0.869. The number of thiol groups is 1.